The third-order valence-corrected chi connectivity index (χ3v) is 2.38. The van der Waals surface area contributed by atoms with Gasteiger partial charge in [-0.2, -0.15) is 0 Å². The standard InChI is InChI=1S/C11H12FN3/c1-6-7(2)15-11(14-6)9-4-3-8(13)5-10(9)12/h3-5H,13H2,1-2H3,(H,14,15). The molecule has 0 radical (unpaired) electrons. The lowest BCUT2D eigenvalue weighted by atomic mass is 10.2. The van der Waals surface area contributed by atoms with E-state index in [0.29, 0.717) is 17.1 Å². The van der Waals surface area contributed by atoms with Gasteiger partial charge in [0.05, 0.1) is 11.3 Å². The number of imidazole rings is 1. The zero-order valence-corrected chi connectivity index (χ0v) is 8.63. The minimum Gasteiger partial charge on any atom is -0.399 e. The Morgan fingerprint density at radius 2 is 2.07 bits per heavy atom. The third-order valence-electron chi connectivity index (χ3n) is 2.38. The van der Waals surface area contributed by atoms with E-state index in [0.717, 1.165) is 11.4 Å². The topological polar surface area (TPSA) is 54.7 Å². The van der Waals surface area contributed by atoms with Gasteiger partial charge in [-0.05, 0) is 32.0 Å². The van der Waals surface area contributed by atoms with E-state index in [1.165, 1.54) is 6.07 Å². The summed E-state index contributed by atoms with van der Waals surface area (Å²) in [5.41, 5.74) is 8.15. The average Bonchev–Trinajstić information content (AvgIpc) is 2.46. The fourth-order valence-corrected chi connectivity index (χ4v) is 1.40. The van der Waals surface area contributed by atoms with Gasteiger partial charge in [0, 0.05) is 11.4 Å². The fraction of sp³-hybridized carbons (Fsp3) is 0.182. The van der Waals surface area contributed by atoms with Crippen molar-refractivity contribution in [3.63, 3.8) is 0 Å². The van der Waals surface area contributed by atoms with Gasteiger partial charge in [0.15, 0.2) is 0 Å². The van der Waals surface area contributed by atoms with Crippen LogP contribution in [0.1, 0.15) is 11.4 Å². The molecule has 0 amide bonds. The summed E-state index contributed by atoms with van der Waals surface area (Å²) in [6.07, 6.45) is 0. The van der Waals surface area contributed by atoms with Gasteiger partial charge in [-0.1, -0.05) is 0 Å². The molecule has 0 spiro atoms. The van der Waals surface area contributed by atoms with Crippen molar-refractivity contribution in [3.05, 3.63) is 35.4 Å². The number of hydrogen-bond acceptors (Lipinski definition) is 2. The van der Waals surface area contributed by atoms with Gasteiger partial charge in [-0.25, -0.2) is 9.37 Å². The second-order valence-electron chi connectivity index (χ2n) is 3.54. The van der Waals surface area contributed by atoms with Gasteiger partial charge in [0.25, 0.3) is 0 Å². The van der Waals surface area contributed by atoms with Crippen molar-refractivity contribution in [2.45, 2.75) is 13.8 Å². The minimum absolute atomic E-state index is 0.358. The molecular weight excluding hydrogens is 193 g/mol. The predicted octanol–water partition coefficient (Wildman–Crippen LogP) is 2.41. The minimum atomic E-state index is -0.358. The van der Waals surface area contributed by atoms with Gasteiger partial charge in [-0.15, -0.1) is 0 Å². The Morgan fingerprint density at radius 3 is 2.60 bits per heavy atom. The van der Waals surface area contributed by atoms with Gasteiger partial charge in [0.1, 0.15) is 11.6 Å². The number of hydrogen-bond donors (Lipinski definition) is 2. The Morgan fingerprint density at radius 1 is 1.33 bits per heavy atom. The monoisotopic (exact) mass is 205 g/mol. The van der Waals surface area contributed by atoms with Crippen LogP contribution in [0.4, 0.5) is 10.1 Å². The molecule has 1 heterocycles. The quantitative estimate of drug-likeness (QED) is 0.702. The number of aromatic amines is 1. The Hall–Kier alpha value is -1.84. The molecule has 1 aromatic carbocycles. The first-order valence-corrected chi connectivity index (χ1v) is 4.66. The van der Waals surface area contributed by atoms with E-state index >= 15 is 0 Å². The number of rotatable bonds is 1. The summed E-state index contributed by atoms with van der Waals surface area (Å²) >= 11 is 0. The van der Waals surface area contributed by atoms with Crippen LogP contribution in [0.3, 0.4) is 0 Å². The molecule has 0 aliphatic rings. The molecule has 1 aromatic heterocycles. The van der Waals surface area contributed by atoms with Gasteiger partial charge in [-0.3, -0.25) is 0 Å². The predicted molar refractivity (Wildman–Crippen MR) is 57.9 cm³/mol. The van der Waals surface area contributed by atoms with E-state index in [-0.39, 0.29) is 5.82 Å². The summed E-state index contributed by atoms with van der Waals surface area (Å²) < 4.78 is 13.5. The zero-order chi connectivity index (χ0) is 11.0. The van der Waals surface area contributed by atoms with Crippen LogP contribution in [0.5, 0.6) is 0 Å². The summed E-state index contributed by atoms with van der Waals surface area (Å²) in [6, 6.07) is 4.58. The number of H-pyrrole nitrogens is 1. The van der Waals surface area contributed by atoms with Crippen molar-refractivity contribution < 1.29 is 4.39 Å². The van der Waals surface area contributed by atoms with Crippen LogP contribution in [0.2, 0.25) is 0 Å². The molecule has 0 saturated carbocycles. The normalized spacial score (nSPS) is 10.6. The van der Waals surface area contributed by atoms with Crippen LogP contribution >= 0.6 is 0 Å². The van der Waals surface area contributed by atoms with E-state index in [9.17, 15) is 4.39 Å². The number of nitrogens with two attached hydrogens (primary N) is 1. The van der Waals surface area contributed by atoms with E-state index < -0.39 is 0 Å². The maximum Gasteiger partial charge on any atom is 0.140 e. The Balaban J connectivity index is 2.54. The number of aryl methyl sites for hydroxylation is 2. The van der Waals surface area contributed by atoms with Crippen LogP contribution in [0, 0.1) is 19.7 Å². The lowest BCUT2D eigenvalue weighted by Crippen LogP contribution is -1.90. The molecule has 0 aliphatic heterocycles. The second-order valence-corrected chi connectivity index (χ2v) is 3.54. The molecule has 0 bridgehead atoms. The zero-order valence-electron chi connectivity index (χ0n) is 8.63. The Bertz CT molecular complexity index is 483. The highest BCUT2D eigenvalue weighted by Crippen LogP contribution is 2.22. The molecule has 0 aliphatic carbocycles. The number of aromatic nitrogens is 2. The number of anilines is 1. The average molecular weight is 205 g/mol. The highest BCUT2D eigenvalue weighted by atomic mass is 19.1. The molecular formula is C11H12FN3. The first-order chi connectivity index (χ1) is 7.08. The molecule has 2 aromatic rings. The lowest BCUT2D eigenvalue weighted by molar-refractivity contribution is 0.631. The number of nitrogens with zero attached hydrogens (tertiary/aromatic N) is 1. The molecule has 0 unspecified atom stereocenters. The Kier molecular flexibility index (Phi) is 2.19. The van der Waals surface area contributed by atoms with Crippen molar-refractivity contribution in [2.75, 3.05) is 5.73 Å². The van der Waals surface area contributed by atoms with Crippen LogP contribution in [0.15, 0.2) is 18.2 Å². The molecule has 4 heteroatoms. The summed E-state index contributed by atoms with van der Waals surface area (Å²) in [5.74, 6) is 0.186. The van der Waals surface area contributed by atoms with Crippen LogP contribution < -0.4 is 5.73 Å². The van der Waals surface area contributed by atoms with Crippen molar-refractivity contribution in [2.24, 2.45) is 0 Å². The SMILES string of the molecule is Cc1nc(-c2ccc(N)cc2F)[nH]c1C. The van der Waals surface area contributed by atoms with Crippen LogP contribution in [-0.4, -0.2) is 9.97 Å². The van der Waals surface area contributed by atoms with Crippen molar-refractivity contribution >= 4 is 5.69 Å². The molecule has 0 atom stereocenters. The number of halogens is 1. The summed E-state index contributed by atoms with van der Waals surface area (Å²) in [4.78, 5) is 7.26. The highest BCUT2D eigenvalue weighted by Gasteiger charge is 2.09. The Labute approximate surface area is 87.2 Å². The van der Waals surface area contributed by atoms with E-state index in [4.69, 9.17) is 5.73 Å². The fourth-order valence-electron chi connectivity index (χ4n) is 1.40. The van der Waals surface area contributed by atoms with Crippen molar-refractivity contribution in [1.29, 1.82) is 0 Å². The highest BCUT2D eigenvalue weighted by molar-refractivity contribution is 5.60. The maximum absolute atomic E-state index is 13.5. The lowest BCUT2D eigenvalue weighted by Gasteiger charge is -2.00. The summed E-state index contributed by atoms with van der Waals surface area (Å²) in [7, 11) is 0. The van der Waals surface area contributed by atoms with Crippen molar-refractivity contribution in [1.82, 2.24) is 9.97 Å². The van der Waals surface area contributed by atoms with E-state index in [1.807, 2.05) is 13.8 Å². The number of benzene rings is 1. The molecule has 78 valence electrons. The third kappa shape index (κ3) is 1.70. The first-order valence-electron chi connectivity index (χ1n) is 4.66. The molecule has 2 rings (SSSR count). The maximum atomic E-state index is 13.5. The van der Waals surface area contributed by atoms with E-state index in [1.54, 1.807) is 12.1 Å². The molecule has 0 saturated heterocycles. The molecule has 3 nitrogen and oxygen atoms in total. The first kappa shape index (κ1) is 9.71. The smallest absolute Gasteiger partial charge is 0.140 e. The van der Waals surface area contributed by atoms with E-state index in [2.05, 4.69) is 9.97 Å². The van der Waals surface area contributed by atoms with Crippen molar-refractivity contribution in [3.8, 4) is 11.4 Å². The molecule has 15 heavy (non-hydrogen) atoms. The largest absolute Gasteiger partial charge is 0.399 e. The summed E-state index contributed by atoms with van der Waals surface area (Å²) in [6.45, 7) is 3.78. The van der Waals surface area contributed by atoms with Gasteiger partial charge in [0.2, 0.25) is 0 Å². The number of nitrogen functional groups attached to an aromatic ring is 1. The summed E-state index contributed by atoms with van der Waals surface area (Å²) in [5, 5.41) is 0. The van der Waals surface area contributed by atoms with Gasteiger partial charge < -0.3 is 10.7 Å². The molecule has 0 fully saturated rings. The van der Waals surface area contributed by atoms with Crippen LogP contribution in [-0.2, 0) is 0 Å². The van der Waals surface area contributed by atoms with Crippen LogP contribution in [0.25, 0.3) is 11.4 Å². The second kappa shape index (κ2) is 3.38. The van der Waals surface area contributed by atoms with Gasteiger partial charge >= 0.3 is 0 Å². The molecule has 3 N–H and O–H groups in total. The number of nitrogens with one attached hydrogen (secondary N) is 1.